The Hall–Kier alpha value is -2.37. The highest BCUT2D eigenvalue weighted by Gasteiger charge is 2.32. The van der Waals surface area contributed by atoms with E-state index in [-0.39, 0.29) is 18.6 Å². The Bertz CT molecular complexity index is 823. The van der Waals surface area contributed by atoms with Gasteiger partial charge in [-0.25, -0.2) is 9.18 Å². The van der Waals surface area contributed by atoms with Gasteiger partial charge in [-0.3, -0.25) is 4.90 Å². The van der Waals surface area contributed by atoms with E-state index in [0.717, 1.165) is 5.56 Å². The maximum atomic E-state index is 13.2. The van der Waals surface area contributed by atoms with E-state index in [4.69, 9.17) is 21.1 Å². The molecule has 1 aliphatic heterocycles. The first-order valence-corrected chi connectivity index (χ1v) is 9.34. The van der Waals surface area contributed by atoms with Gasteiger partial charge in [0.1, 0.15) is 23.2 Å². The maximum absolute atomic E-state index is 13.2. The number of benzene rings is 2. The summed E-state index contributed by atoms with van der Waals surface area (Å²) < 4.78 is 24.3. The highest BCUT2D eigenvalue weighted by molar-refractivity contribution is 6.30. The summed E-state index contributed by atoms with van der Waals surface area (Å²) in [6, 6.07) is 13.2. The van der Waals surface area contributed by atoms with Crippen molar-refractivity contribution in [1.29, 1.82) is 0 Å². The molecular formula is C21H22ClFN2O3. The molecule has 1 unspecified atom stereocenters. The number of nitrogens with zero attached hydrogens (tertiary/aromatic N) is 2. The van der Waals surface area contributed by atoms with Crippen molar-refractivity contribution < 1.29 is 18.7 Å². The van der Waals surface area contributed by atoms with Crippen molar-refractivity contribution in [2.75, 3.05) is 33.5 Å². The lowest BCUT2D eigenvalue weighted by Gasteiger charge is -2.42. The summed E-state index contributed by atoms with van der Waals surface area (Å²) in [5, 5.41) is 0.635. The van der Waals surface area contributed by atoms with Crippen LogP contribution in [0.25, 0.3) is 0 Å². The molecule has 7 heteroatoms. The van der Waals surface area contributed by atoms with Crippen LogP contribution in [0.2, 0.25) is 5.02 Å². The maximum Gasteiger partial charge on any atom is 0.161 e. The van der Waals surface area contributed by atoms with Gasteiger partial charge in [-0.1, -0.05) is 23.7 Å². The van der Waals surface area contributed by atoms with Gasteiger partial charge >= 0.3 is 0 Å². The van der Waals surface area contributed by atoms with E-state index in [1.807, 2.05) is 4.90 Å². The van der Waals surface area contributed by atoms with Gasteiger partial charge < -0.3 is 14.4 Å². The lowest BCUT2D eigenvalue weighted by atomic mass is 10.1. The second-order valence-corrected chi connectivity index (χ2v) is 6.98. The zero-order chi connectivity index (χ0) is 19.9. The number of hydrogen-bond acceptors (Lipinski definition) is 5. The summed E-state index contributed by atoms with van der Waals surface area (Å²) in [5.74, 6) is 2.47. The van der Waals surface area contributed by atoms with Crippen LogP contribution in [-0.4, -0.2) is 55.3 Å². The van der Waals surface area contributed by atoms with Gasteiger partial charge in [0.25, 0.3) is 0 Å². The number of methoxy groups -OCH3 is 1. The van der Waals surface area contributed by atoms with Crippen LogP contribution >= 0.6 is 11.6 Å². The van der Waals surface area contributed by atoms with Gasteiger partial charge in [0.15, 0.2) is 6.73 Å². The van der Waals surface area contributed by atoms with Crippen LogP contribution in [0.1, 0.15) is 5.56 Å². The van der Waals surface area contributed by atoms with Gasteiger partial charge in [-0.2, -0.15) is 0 Å². The number of ether oxygens (including phenoxy) is 2. The van der Waals surface area contributed by atoms with Crippen molar-refractivity contribution in [3.63, 3.8) is 0 Å². The van der Waals surface area contributed by atoms with Gasteiger partial charge in [0, 0.05) is 31.8 Å². The van der Waals surface area contributed by atoms with Crippen LogP contribution in [0.5, 0.6) is 5.75 Å². The normalized spacial score (nSPS) is 17.5. The molecule has 1 atom stereocenters. The van der Waals surface area contributed by atoms with Crippen molar-refractivity contribution in [3.05, 3.63) is 70.6 Å². The van der Waals surface area contributed by atoms with Crippen LogP contribution in [0.4, 0.5) is 4.39 Å². The Morgan fingerprint density at radius 3 is 2.50 bits per heavy atom. The van der Waals surface area contributed by atoms with E-state index in [1.54, 1.807) is 43.5 Å². The third-order valence-electron chi connectivity index (χ3n) is 4.68. The summed E-state index contributed by atoms with van der Waals surface area (Å²) in [6.07, 6.45) is 0. The number of piperazine rings is 1. The Labute approximate surface area is 168 Å². The van der Waals surface area contributed by atoms with Crippen LogP contribution in [0.15, 0.2) is 54.2 Å². The molecule has 3 rings (SSSR count). The van der Waals surface area contributed by atoms with Gasteiger partial charge in [-0.05, 0) is 42.0 Å². The number of halogens is 2. The minimum Gasteiger partial charge on any atom is -0.473 e. The van der Waals surface area contributed by atoms with E-state index in [9.17, 15) is 9.18 Å². The van der Waals surface area contributed by atoms with Gasteiger partial charge in [0.05, 0.1) is 12.6 Å². The third kappa shape index (κ3) is 5.12. The molecule has 0 bridgehead atoms. The van der Waals surface area contributed by atoms with E-state index < -0.39 is 0 Å². The fourth-order valence-corrected chi connectivity index (χ4v) is 3.34. The lowest BCUT2D eigenvalue weighted by molar-refractivity contribution is 0.0311. The Kier molecular flexibility index (Phi) is 7.06. The minimum atomic E-state index is -0.269. The molecule has 0 spiro atoms. The van der Waals surface area contributed by atoms with Crippen LogP contribution in [0, 0.1) is 5.82 Å². The molecule has 2 aromatic carbocycles. The summed E-state index contributed by atoms with van der Waals surface area (Å²) in [4.78, 5) is 15.7. The molecule has 28 heavy (non-hydrogen) atoms. The summed E-state index contributed by atoms with van der Waals surface area (Å²) in [5.41, 5.74) is 1.46. The smallest absolute Gasteiger partial charge is 0.161 e. The van der Waals surface area contributed by atoms with Crippen molar-refractivity contribution in [2.24, 2.45) is 0 Å². The molecule has 1 fully saturated rings. The Morgan fingerprint density at radius 2 is 1.86 bits per heavy atom. The first-order chi connectivity index (χ1) is 13.6. The fraction of sp³-hybridized carbons (Fsp3) is 0.333. The van der Waals surface area contributed by atoms with Crippen molar-refractivity contribution in [1.82, 2.24) is 9.80 Å². The van der Waals surface area contributed by atoms with E-state index in [1.165, 1.54) is 12.1 Å². The molecule has 0 aromatic heterocycles. The molecule has 2 aromatic rings. The predicted octanol–water partition coefficient (Wildman–Crippen LogP) is 3.36. The average Bonchev–Trinajstić information content (AvgIpc) is 2.71. The number of hydrogen-bond donors (Lipinski definition) is 0. The topological polar surface area (TPSA) is 42.0 Å². The zero-order valence-electron chi connectivity index (χ0n) is 15.6. The summed E-state index contributed by atoms with van der Waals surface area (Å²) in [6.45, 7) is 2.49. The SMILES string of the molecule is COCC1C(=C=O)N(COc2ccc(Cl)cc2)CCN1Cc1ccc(F)cc1. The standard InChI is InChI=1S/C21H22ClFN2O3/c1-27-14-21-20(13-26)25(15-28-19-8-4-17(22)5-9-19)11-10-24(21)12-16-2-6-18(23)7-3-16/h2-9,21H,10-12,14-15H2,1H3. The summed E-state index contributed by atoms with van der Waals surface area (Å²) in [7, 11) is 1.60. The first kappa shape index (κ1) is 20.4. The third-order valence-corrected chi connectivity index (χ3v) is 4.93. The zero-order valence-corrected chi connectivity index (χ0v) is 16.4. The lowest BCUT2D eigenvalue weighted by Crippen LogP contribution is -2.53. The first-order valence-electron chi connectivity index (χ1n) is 8.96. The van der Waals surface area contributed by atoms with Crippen LogP contribution < -0.4 is 4.74 Å². The monoisotopic (exact) mass is 404 g/mol. The predicted molar refractivity (Wildman–Crippen MR) is 105 cm³/mol. The molecule has 0 saturated carbocycles. The second kappa shape index (κ2) is 9.71. The molecule has 0 N–H and O–H groups in total. The number of carbonyl (C=O) groups excluding carboxylic acids is 1. The highest BCUT2D eigenvalue weighted by atomic mass is 35.5. The quantitative estimate of drug-likeness (QED) is 0.662. The van der Waals surface area contributed by atoms with E-state index >= 15 is 0 Å². The van der Waals surface area contributed by atoms with Crippen molar-refractivity contribution in [2.45, 2.75) is 12.6 Å². The summed E-state index contributed by atoms with van der Waals surface area (Å²) >= 11 is 5.89. The van der Waals surface area contributed by atoms with E-state index in [2.05, 4.69) is 10.8 Å². The van der Waals surface area contributed by atoms with E-state index in [0.29, 0.717) is 42.7 Å². The van der Waals surface area contributed by atoms with Crippen molar-refractivity contribution >= 4 is 17.5 Å². The molecular weight excluding hydrogens is 383 g/mol. The molecule has 5 nitrogen and oxygen atoms in total. The minimum absolute atomic E-state index is 0.233. The van der Waals surface area contributed by atoms with Crippen LogP contribution in [-0.2, 0) is 16.1 Å². The Morgan fingerprint density at radius 1 is 1.14 bits per heavy atom. The molecule has 1 saturated heterocycles. The second-order valence-electron chi connectivity index (χ2n) is 6.55. The molecule has 0 aliphatic carbocycles. The van der Waals surface area contributed by atoms with Crippen LogP contribution in [0.3, 0.4) is 0 Å². The van der Waals surface area contributed by atoms with Gasteiger partial charge in [0.2, 0.25) is 0 Å². The molecule has 0 radical (unpaired) electrons. The largest absolute Gasteiger partial charge is 0.473 e. The highest BCUT2D eigenvalue weighted by Crippen LogP contribution is 2.23. The molecule has 1 aliphatic rings. The number of rotatable bonds is 7. The van der Waals surface area contributed by atoms with Crippen molar-refractivity contribution in [3.8, 4) is 5.75 Å². The molecule has 1 heterocycles. The average molecular weight is 405 g/mol. The Balaban J connectivity index is 1.69. The fourth-order valence-electron chi connectivity index (χ4n) is 3.21. The van der Waals surface area contributed by atoms with Gasteiger partial charge in [-0.15, -0.1) is 0 Å². The molecule has 0 amide bonds. The molecule has 148 valence electrons.